The smallest absolute Gasteiger partial charge is 0.410 e. The highest BCUT2D eigenvalue weighted by Crippen LogP contribution is 2.16. The molecule has 0 radical (unpaired) electrons. The Kier molecular flexibility index (Phi) is 3.22. The van der Waals surface area contributed by atoms with E-state index in [1.54, 1.807) is 18.5 Å². The number of carbonyl (C=O) groups is 2. The number of rotatable bonds is 3. The highest BCUT2D eigenvalue weighted by molar-refractivity contribution is 5.87. The first kappa shape index (κ1) is 11.4. The van der Waals surface area contributed by atoms with Crippen molar-refractivity contribution in [1.29, 1.82) is 0 Å². The van der Waals surface area contributed by atoms with Gasteiger partial charge in [0.15, 0.2) is 0 Å². The van der Waals surface area contributed by atoms with Crippen LogP contribution in [-0.4, -0.2) is 41.6 Å². The molecule has 0 bridgehead atoms. The topological polar surface area (TPSA) is 71.5 Å². The number of hydrogen-bond donors (Lipinski definition) is 1. The maximum Gasteiger partial charge on any atom is 0.410 e. The summed E-state index contributed by atoms with van der Waals surface area (Å²) >= 11 is 0. The molecule has 0 aliphatic carbocycles. The third kappa shape index (κ3) is 2.35. The van der Waals surface area contributed by atoms with Gasteiger partial charge < -0.3 is 10.1 Å². The van der Waals surface area contributed by atoms with Gasteiger partial charge in [0.1, 0.15) is 12.6 Å². The summed E-state index contributed by atoms with van der Waals surface area (Å²) < 4.78 is 4.88. The second kappa shape index (κ2) is 4.82. The van der Waals surface area contributed by atoms with Gasteiger partial charge in [-0.05, 0) is 11.6 Å². The lowest BCUT2D eigenvalue weighted by Gasteiger charge is -2.19. The first-order valence-corrected chi connectivity index (χ1v) is 5.26. The van der Waals surface area contributed by atoms with E-state index < -0.39 is 12.1 Å². The van der Waals surface area contributed by atoms with E-state index in [-0.39, 0.29) is 12.5 Å². The average molecular weight is 235 g/mol. The summed E-state index contributed by atoms with van der Waals surface area (Å²) in [6, 6.07) is 3.07. The Morgan fingerprint density at radius 2 is 2.53 bits per heavy atom. The lowest BCUT2D eigenvalue weighted by Crippen LogP contribution is -2.44. The fraction of sp³-hybridized carbons (Fsp3) is 0.364. The van der Waals surface area contributed by atoms with Crippen LogP contribution in [0.25, 0.3) is 0 Å². The molecule has 1 aliphatic heterocycles. The molecule has 1 N–H and O–H groups in total. The lowest BCUT2D eigenvalue weighted by atomic mass is 10.2. The van der Waals surface area contributed by atoms with E-state index >= 15 is 0 Å². The molecule has 2 heterocycles. The van der Waals surface area contributed by atoms with E-state index in [0.717, 1.165) is 5.56 Å². The minimum absolute atomic E-state index is 0.0960. The van der Waals surface area contributed by atoms with Crippen LogP contribution < -0.4 is 5.32 Å². The number of hydrogen-bond acceptors (Lipinski definition) is 4. The van der Waals surface area contributed by atoms with Gasteiger partial charge in [0.2, 0.25) is 5.91 Å². The molecule has 1 saturated heterocycles. The number of nitrogens with one attached hydrogen (secondary N) is 1. The Morgan fingerprint density at radius 3 is 3.18 bits per heavy atom. The van der Waals surface area contributed by atoms with Crippen molar-refractivity contribution in [3.63, 3.8) is 0 Å². The minimum Gasteiger partial charge on any atom is -0.447 e. The summed E-state index contributed by atoms with van der Waals surface area (Å²) in [4.78, 5) is 28.4. The number of cyclic esters (lactones) is 1. The summed E-state index contributed by atoms with van der Waals surface area (Å²) in [6.07, 6.45) is 2.84. The average Bonchev–Trinajstić information content (AvgIpc) is 2.72. The van der Waals surface area contributed by atoms with Crippen LogP contribution in [-0.2, 0) is 16.1 Å². The number of carbonyl (C=O) groups excluding carboxylic acids is 2. The molecule has 6 nitrogen and oxygen atoms in total. The molecule has 1 aromatic rings. The number of likely N-dealkylation sites (N-methyl/N-ethyl adjacent to an activating group) is 1. The van der Waals surface area contributed by atoms with Gasteiger partial charge in [-0.1, -0.05) is 6.07 Å². The quantitative estimate of drug-likeness (QED) is 0.809. The molecule has 2 rings (SSSR count). The molecular formula is C11H13N3O3. The van der Waals surface area contributed by atoms with Crippen molar-refractivity contribution >= 4 is 12.0 Å². The van der Waals surface area contributed by atoms with Crippen molar-refractivity contribution in [2.45, 2.75) is 12.6 Å². The van der Waals surface area contributed by atoms with E-state index in [1.165, 1.54) is 11.9 Å². The van der Waals surface area contributed by atoms with Gasteiger partial charge in [-0.3, -0.25) is 14.7 Å². The van der Waals surface area contributed by atoms with Gasteiger partial charge in [-0.25, -0.2) is 4.79 Å². The molecule has 0 spiro atoms. The zero-order valence-corrected chi connectivity index (χ0v) is 9.42. The van der Waals surface area contributed by atoms with Crippen molar-refractivity contribution < 1.29 is 14.3 Å². The van der Waals surface area contributed by atoms with Crippen LogP contribution in [0.15, 0.2) is 24.5 Å². The van der Waals surface area contributed by atoms with Gasteiger partial charge in [-0.15, -0.1) is 0 Å². The molecule has 1 fully saturated rings. The van der Waals surface area contributed by atoms with Crippen LogP contribution in [0.2, 0.25) is 0 Å². The SMILES string of the molecule is CNC(=O)[C@@H]1COC(=O)N1Cc1cccnc1. The molecule has 6 heteroatoms. The third-order valence-corrected chi connectivity index (χ3v) is 2.60. The molecule has 0 saturated carbocycles. The second-order valence-electron chi connectivity index (χ2n) is 3.70. The molecule has 90 valence electrons. The van der Waals surface area contributed by atoms with Crippen molar-refractivity contribution in [2.75, 3.05) is 13.7 Å². The van der Waals surface area contributed by atoms with E-state index in [0.29, 0.717) is 6.54 Å². The highest BCUT2D eigenvalue weighted by Gasteiger charge is 2.37. The fourth-order valence-corrected chi connectivity index (χ4v) is 1.70. The van der Waals surface area contributed by atoms with Crippen LogP contribution in [0, 0.1) is 0 Å². The summed E-state index contributed by atoms with van der Waals surface area (Å²) in [5.74, 6) is -0.222. The number of nitrogens with zero attached hydrogens (tertiary/aromatic N) is 2. The van der Waals surface area contributed by atoms with E-state index in [4.69, 9.17) is 4.74 Å². The monoisotopic (exact) mass is 235 g/mol. The Morgan fingerprint density at radius 1 is 1.71 bits per heavy atom. The Balaban J connectivity index is 2.12. The number of ether oxygens (including phenoxy) is 1. The van der Waals surface area contributed by atoms with Gasteiger partial charge in [0.25, 0.3) is 0 Å². The first-order chi connectivity index (χ1) is 8.22. The fourth-order valence-electron chi connectivity index (χ4n) is 1.70. The van der Waals surface area contributed by atoms with Crippen molar-refractivity contribution in [2.24, 2.45) is 0 Å². The lowest BCUT2D eigenvalue weighted by molar-refractivity contribution is -0.124. The summed E-state index contributed by atoms with van der Waals surface area (Å²) in [5.41, 5.74) is 0.861. The summed E-state index contributed by atoms with van der Waals surface area (Å²) in [6.45, 7) is 0.420. The molecule has 2 amide bonds. The Bertz CT molecular complexity index is 421. The molecule has 1 atom stereocenters. The number of aromatic nitrogens is 1. The van der Waals surface area contributed by atoms with E-state index in [1.807, 2.05) is 6.07 Å². The largest absolute Gasteiger partial charge is 0.447 e. The molecule has 1 aromatic heterocycles. The second-order valence-corrected chi connectivity index (χ2v) is 3.70. The van der Waals surface area contributed by atoms with Crippen molar-refractivity contribution in [3.8, 4) is 0 Å². The van der Waals surface area contributed by atoms with E-state index in [2.05, 4.69) is 10.3 Å². The van der Waals surface area contributed by atoms with Gasteiger partial charge in [0, 0.05) is 19.4 Å². The number of pyridine rings is 1. The maximum absolute atomic E-state index is 11.6. The Hall–Kier alpha value is -2.11. The van der Waals surface area contributed by atoms with Crippen LogP contribution in [0.1, 0.15) is 5.56 Å². The third-order valence-electron chi connectivity index (χ3n) is 2.60. The minimum atomic E-state index is -0.562. The van der Waals surface area contributed by atoms with Crippen LogP contribution >= 0.6 is 0 Å². The molecule has 0 aromatic carbocycles. The van der Waals surface area contributed by atoms with Crippen LogP contribution in [0.4, 0.5) is 4.79 Å². The molecule has 17 heavy (non-hydrogen) atoms. The molecular weight excluding hydrogens is 222 g/mol. The first-order valence-electron chi connectivity index (χ1n) is 5.26. The van der Waals surface area contributed by atoms with Gasteiger partial charge in [-0.2, -0.15) is 0 Å². The van der Waals surface area contributed by atoms with Crippen molar-refractivity contribution in [3.05, 3.63) is 30.1 Å². The zero-order chi connectivity index (χ0) is 12.3. The van der Waals surface area contributed by atoms with Crippen molar-refractivity contribution in [1.82, 2.24) is 15.2 Å². The molecule has 0 unspecified atom stereocenters. The zero-order valence-electron chi connectivity index (χ0n) is 9.42. The molecule has 1 aliphatic rings. The van der Waals surface area contributed by atoms with Crippen LogP contribution in [0.5, 0.6) is 0 Å². The normalized spacial score (nSPS) is 19.0. The number of amides is 2. The summed E-state index contributed by atoms with van der Waals surface area (Å²) in [5, 5.41) is 2.51. The standard InChI is InChI=1S/C11H13N3O3/c1-12-10(15)9-7-17-11(16)14(9)6-8-3-2-4-13-5-8/h2-5,9H,6-7H2,1H3,(H,12,15)/t9-/m0/s1. The predicted molar refractivity (Wildman–Crippen MR) is 59.0 cm³/mol. The highest BCUT2D eigenvalue weighted by atomic mass is 16.6. The summed E-state index contributed by atoms with van der Waals surface area (Å²) in [7, 11) is 1.54. The predicted octanol–water partition coefficient (Wildman–Crippen LogP) is 0.148. The van der Waals surface area contributed by atoms with Crippen LogP contribution in [0.3, 0.4) is 0 Å². The van der Waals surface area contributed by atoms with E-state index in [9.17, 15) is 9.59 Å². The van der Waals surface area contributed by atoms with Gasteiger partial charge >= 0.3 is 6.09 Å². The maximum atomic E-state index is 11.6. The van der Waals surface area contributed by atoms with Gasteiger partial charge in [0.05, 0.1) is 6.54 Å². The Labute approximate surface area is 98.6 Å².